The fourth-order valence-corrected chi connectivity index (χ4v) is 1.12. The molecule has 1 atom stereocenters. The molecule has 0 radical (unpaired) electrons. The molecule has 0 aromatic carbocycles. The summed E-state index contributed by atoms with van der Waals surface area (Å²) in [5, 5.41) is 11.2. The van der Waals surface area contributed by atoms with Crippen LogP contribution in [0, 0.1) is 5.92 Å². The van der Waals surface area contributed by atoms with Gasteiger partial charge in [0.15, 0.2) is 0 Å². The van der Waals surface area contributed by atoms with Gasteiger partial charge in [-0.25, -0.2) is 0 Å². The molecule has 0 saturated heterocycles. The number of hydrogen-bond donors (Lipinski definition) is 2. The Kier molecular flexibility index (Phi) is 4.66. The van der Waals surface area contributed by atoms with Crippen LogP contribution in [-0.2, 0) is 6.18 Å². The van der Waals surface area contributed by atoms with E-state index in [-0.39, 0.29) is 24.8 Å². The van der Waals surface area contributed by atoms with Gasteiger partial charge in [-0.2, -0.15) is 13.2 Å². The third-order valence-electron chi connectivity index (χ3n) is 2.25. The van der Waals surface area contributed by atoms with Gasteiger partial charge < -0.3 is 10.4 Å². The Morgan fingerprint density at radius 2 is 2.17 bits per heavy atom. The van der Waals surface area contributed by atoms with Gasteiger partial charge >= 0.3 is 6.18 Å². The van der Waals surface area contributed by atoms with Gasteiger partial charge in [0.25, 0.3) is 5.91 Å². The molecule has 0 fully saturated rings. The highest BCUT2D eigenvalue weighted by Crippen LogP contribution is 2.28. The maximum Gasteiger partial charge on any atom is 0.417 e. The molecule has 0 spiro atoms. The second kappa shape index (κ2) is 5.81. The Hall–Kier alpha value is -1.63. The molecule has 1 aromatic rings. The molecule has 7 heteroatoms. The Labute approximate surface area is 102 Å². The molecule has 1 amide bonds. The monoisotopic (exact) mass is 262 g/mol. The summed E-state index contributed by atoms with van der Waals surface area (Å²) in [6.45, 7) is 1.87. The molecule has 1 aromatic heterocycles. The minimum absolute atomic E-state index is 0.0826. The number of aliphatic hydroxyl groups is 1. The van der Waals surface area contributed by atoms with Crippen molar-refractivity contribution in [2.24, 2.45) is 5.92 Å². The second-order valence-corrected chi connectivity index (χ2v) is 3.93. The van der Waals surface area contributed by atoms with E-state index in [1.807, 2.05) is 0 Å². The van der Waals surface area contributed by atoms with E-state index in [4.69, 9.17) is 5.11 Å². The van der Waals surface area contributed by atoms with Crippen LogP contribution in [0.5, 0.6) is 0 Å². The van der Waals surface area contributed by atoms with Crippen LogP contribution in [0.3, 0.4) is 0 Å². The summed E-state index contributed by atoms with van der Waals surface area (Å²) in [5.74, 6) is -0.688. The van der Waals surface area contributed by atoms with Crippen molar-refractivity contribution in [1.29, 1.82) is 0 Å². The average Bonchev–Trinajstić information content (AvgIpc) is 2.34. The van der Waals surface area contributed by atoms with E-state index in [1.54, 1.807) is 6.92 Å². The lowest BCUT2D eigenvalue weighted by Gasteiger charge is -2.10. The van der Waals surface area contributed by atoms with Gasteiger partial charge in [-0.1, -0.05) is 6.92 Å². The summed E-state index contributed by atoms with van der Waals surface area (Å²) >= 11 is 0. The summed E-state index contributed by atoms with van der Waals surface area (Å²) in [6.07, 6.45) is -3.85. The Balaban J connectivity index is 2.65. The lowest BCUT2D eigenvalue weighted by molar-refractivity contribution is -0.137. The molecular formula is C11H13F3N2O2. The van der Waals surface area contributed by atoms with Gasteiger partial charge in [-0.05, 0) is 18.1 Å². The van der Waals surface area contributed by atoms with Gasteiger partial charge in [0.2, 0.25) is 0 Å². The van der Waals surface area contributed by atoms with E-state index < -0.39 is 17.6 Å². The van der Waals surface area contributed by atoms with E-state index in [0.29, 0.717) is 6.20 Å². The number of carbonyl (C=O) groups excluding carboxylic acids is 1. The van der Waals surface area contributed by atoms with Crippen LogP contribution < -0.4 is 5.32 Å². The van der Waals surface area contributed by atoms with Crippen molar-refractivity contribution in [1.82, 2.24) is 10.3 Å². The largest absolute Gasteiger partial charge is 0.417 e. The molecule has 0 saturated carbocycles. The zero-order valence-electron chi connectivity index (χ0n) is 9.66. The molecule has 0 bridgehead atoms. The minimum Gasteiger partial charge on any atom is -0.396 e. The molecule has 4 nitrogen and oxygen atoms in total. The predicted molar refractivity (Wildman–Crippen MR) is 57.8 cm³/mol. The van der Waals surface area contributed by atoms with Crippen molar-refractivity contribution in [2.75, 3.05) is 13.2 Å². The summed E-state index contributed by atoms with van der Waals surface area (Å²) in [4.78, 5) is 14.9. The van der Waals surface area contributed by atoms with Crippen molar-refractivity contribution in [3.63, 3.8) is 0 Å². The number of pyridine rings is 1. The number of hydrogen-bond acceptors (Lipinski definition) is 3. The summed E-state index contributed by atoms with van der Waals surface area (Å²) in [6, 6.07) is 1.82. The molecule has 0 aliphatic rings. The normalized spacial score (nSPS) is 13.2. The van der Waals surface area contributed by atoms with Gasteiger partial charge in [-0.3, -0.25) is 9.78 Å². The van der Waals surface area contributed by atoms with E-state index in [0.717, 1.165) is 12.1 Å². The van der Waals surface area contributed by atoms with Crippen LogP contribution in [0.2, 0.25) is 0 Å². The van der Waals surface area contributed by atoms with Gasteiger partial charge in [0.1, 0.15) is 5.69 Å². The fourth-order valence-electron chi connectivity index (χ4n) is 1.12. The predicted octanol–water partition coefficient (Wildman–Crippen LogP) is 1.46. The first-order valence-electron chi connectivity index (χ1n) is 5.27. The summed E-state index contributed by atoms with van der Waals surface area (Å²) < 4.78 is 36.8. The molecule has 1 heterocycles. The first-order valence-corrected chi connectivity index (χ1v) is 5.27. The summed E-state index contributed by atoms with van der Waals surface area (Å²) in [7, 11) is 0. The first-order chi connectivity index (χ1) is 8.34. The third kappa shape index (κ3) is 3.99. The number of carbonyl (C=O) groups is 1. The lowest BCUT2D eigenvalue weighted by atomic mass is 10.2. The highest BCUT2D eigenvalue weighted by Gasteiger charge is 2.30. The maximum absolute atomic E-state index is 12.3. The zero-order valence-corrected chi connectivity index (χ0v) is 9.66. The standard InChI is InChI=1S/C11H13F3N2O2/c1-7(6-17)4-16-10(18)9-3-2-8(5-15-9)11(12,13)14/h2-3,5,7,17H,4,6H2,1H3,(H,16,18). The molecule has 0 aliphatic heterocycles. The average molecular weight is 262 g/mol. The highest BCUT2D eigenvalue weighted by atomic mass is 19.4. The Bertz CT molecular complexity index is 404. The van der Waals surface area contributed by atoms with Gasteiger partial charge in [-0.15, -0.1) is 0 Å². The number of aliphatic hydroxyl groups excluding tert-OH is 1. The molecular weight excluding hydrogens is 249 g/mol. The van der Waals surface area contributed by atoms with Crippen LogP contribution >= 0.6 is 0 Å². The highest BCUT2D eigenvalue weighted by molar-refractivity contribution is 5.92. The van der Waals surface area contributed by atoms with Crippen LogP contribution in [0.15, 0.2) is 18.3 Å². The first kappa shape index (κ1) is 14.4. The molecule has 0 aliphatic carbocycles. The van der Waals surface area contributed by atoms with Gasteiger partial charge in [0, 0.05) is 19.3 Å². The molecule has 100 valence electrons. The topological polar surface area (TPSA) is 62.2 Å². The second-order valence-electron chi connectivity index (χ2n) is 3.93. The quantitative estimate of drug-likeness (QED) is 0.863. The fraction of sp³-hybridized carbons (Fsp3) is 0.455. The summed E-state index contributed by atoms with van der Waals surface area (Å²) in [5.41, 5.74) is -0.990. The number of aromatic nitrogens is 1. The number of halogens is 3. The number of nitrogens with one attached hydrogen (secondary N) is 1. The van der Waals surface area contributed by atoms with Crippen molar-refractivity contribution < 1.29 is 23.1 Å². The zero-order chi connectivity index (χ0) is 13.8. The van der Waals surface area contributed by atoms with Crippen molar-refractivity contribution in [2.45, 2.75) is 13.1 Å². The Morgan fingerprint density at radius 3 is 2.61 bits per heavy atom. The van der Waals surface area contributed by atoms with E-state index in [2.05, 4.69) is 10.3 Å². The Morgan fingerprint density at radius 1 is 1.50 bits per heavy atom. The number of alkyl halides is 3. The number of amides is 1. The molecule has 2 N–H and O–H groups in total. The van der Waals surface area contributed by atoms with Crippen molar-refractivity contribution in [3.8, 4) is 0 Å². The van der Waals surface area contributed by atoms with Crippen LogP contribution in [0.25, 0.3) is 0 Å². The van der Waals surface area contributed by atoms with Crippen LogP contribution in [-0.4, -0.2) is 29.1 Å². The van der Waals surface area contributed by atoms with Crippen LogP contribution in [0.4, 0.5) is 13.2 Å². The molecule has 1 rings (SSSR count). The minimum atomic E-state index is -4.46. The van der Waals surface area contributed by atoms with E-state index in [9.17, 15) is 18.0 Å². The molecule has 18 heavy (non-hydrogen) atoms. The SMILES string of the molecule is CC(CO)CNC(=O)c1ccc(C(F)(F)F)cn1. The third-order valence-corrected chi connectivity index (χ3v) is 2.25. The smallest absolute Gasteiger partial charge is 0.396 e. The van der Waals surface area contributed by atoms with Crippen LogP contribution in [0.1, 0.15) is 23.0 Å². The van der Waals surface area contributed by atoms with E-state index >= 15 is 0 Å². The molecule has 1 unspecified atom stereocenters. The number of rotatable bonds is 4. The number of nitrogens with zero attached hydrogens (tertiary/aromatic N) is 1. The van der Waals surface area contributed by atoms with Crippen molar-refractivity contribution >= 4 is 5.91 Å². The van der Waals surface area contributed by atoms with Gasteiger partial charge in [0.05, 0.1) is 5.56 Å². The van der Waals surface area contributed by atoms with Crippen molar-refractivity contribution in [3.05, 3.63) is 29.6 Å². The lowest BCUT2D eigenvalue weighted by Crippen LogP contribution is -2.30. The maximum atomic E-state index is 12.3. The van der Waals surface area contributed by atoms with E-state index in [1.165, 1.54) is 0 Å².